The fraction of sp³-hybridized carbons (Fsp3) is 0.818. The average Bonchev–Trinajstić information content (AvgIpc) is 2.21. The van der Waals surface area contributed by atoms with Crippen molar-refractivity contribution in [2.24, 2.45) is 5.73 Å². The second-order valence-electron chi connectivity index (χ2n) is 5.04. The van der Waals surface area contributed by atoms with E-state index in [0.29, 0.717) is 0 Å². The number of carboxylic acid groups (broad SMARTS) is 1. The Morgan fingerprint density at radius 2 is 1.89 bits per heavy atom. The van der Waals surface area contributed by atoms with Crippen molar-refractivity contribution in [3.63, 3.8) is 0 Å². The Hall–Kier alpha value is -1.18. The van der Waals surface area contributed by atoms with E-state index >= 15 is 0 Å². The summed E-state index contributed by atoms with van der Waals surface area (Å²) in [7, 11) is 0. The summed E-state index contributed by atoms with van der Waals surface area (Å²) >= 11 is 0. The molecule has 0 radical (unpaired) electrons. The molecule has 0 aliphatic heterocycles. The number of ether oxygens (including phenoxy) is 1. The van der Waals surface area contributed by atoms with E-state index in [1.54, 1.807) is 6.92 Å². The molecule has 0 rings (SSSR count). The first kappa shape index (κ1) is 16.8. The fourth-order valence-electron chi connectivity index (χ4n) is 1.30. The summed E-state index contributed by atoms with van der Waals surface area (Å²) in [6.45, 7) is 6.40. The lowest BCUT2D eigenvalue weighted by molar-refractivity contribution is -0.144. The van der Waals surface area contributed by atoms with Gasteiger partial charge in [0.05, 0.1) is 18.3 Å². The van der Waals surface area contributed by atoms with Crippen LogP contribution in [-0.2, 0) is 14.3 Å². The molecule has 0 aromatic heterocycles. The standard InChI is InChI=1S/C11H22N2O5/c1-6(18-11(2,3)4)8(12)9(15)13-7(5-14)10(16)17/h6-8,14H,5,12H2,1-4H3,(H,13,15)(H,16,17)/t6-,7?,8+/m1/s1. The molecule has 7 heteroatoms. The number of aliphatic hydroxyl groups excluding tert-OH is 1. The number of carbonyl (C=O) groups excluding carboxylic acids is 1. The summed E-state index contributed by atoms with van der Waals surface area (Å²) in [6.07, 6.45) is -0.571. The quantitative estimate of drug-likeness (QED) is 0.491. The van der Waals surface area contributed by atoms with Crippen molar-refractivity contribution in [2.45, 2.75) is 51.5 Å². The first-order chi connectivity index (χ1) is 8.08. The SMILES string of the molecule is C[C@@H](OC(C)(C)C)[C@H](N)C(=O)NC(CO)C(=O)O. The number of nitrogens with one attached hydrogen (secondary N) is 1. The van der Waals surface area contributed by atoms with Crippen LogP contribution in [0, 0.1) is 0 Å². The van der Waals surface area contributed by atoms with Gasteiger partial charge in [0.1, 0.15) is 12.1 Å². The lowest BCUT2D eigenvalue weighted by Crippen LogP contribution is -2.54. The molecule has 0 aliphatic rings. The number of rotatable bonds is 6. The fourth-order valence-corrected chi connectivity index (χ4v) is 1.30. The Morgan fingerprint density at radius 1 is 1.39 bits per heavy atom. The van der Waals surface area contributed by atoms with Gasteiger partial charge in [0.15, 0.2) is 0 Å². The van der Waals surface area contributed by atoms with E-state index in [-0.39, 0.29) is 0 Å². The number of amides is 1. The minimum absolute atomic E-state index is 0.458. The van der Waals surface area contributed by atoms with E-state index in [1.807, 2.05) is 20.8 Å². The van der Waals surface area contributed by atoms with Crippen LogP contribution in [-0.4, -0.2) is 52.5 Å². The van der Waals surface area contributed by atoms with Crippen molar-refractivity contribution < 1.29 is 24.5 Å². The average molecular weight is 262 g/mol. The van der Waals surface area contributed by atoms with Crippen molar-refractivity contribution in [3.05, 3.63) is 0 Å². The van der Waals surface area contributed by atoms with Crippen molar-refractivity contribution in [1.82, 2.24) is 5.32 Å². The van der Waals surface area contributed by atoms with Crippen molar-refractivity contribution in [3.8, 4) is 0 Å². The van der Waals surface area contributed by atoms with Gasteiger partial charge in [0.25, 0.3) is 0 Å². The molecule has 0 aliphatic carbocycles. The van der Waals surface area contributed by atoms with Gasteiger partial charge in [0.2, 0.25) is 5.91 Å². The molecule has 0 bridgehead atoms. The van der Waals surface area contributed by atoms with Gasteiger partial charge < -0.3 is 26.0 Å². The lowest BCUT2D eigenvalue weighted by atomic mass is 10.1. The maximum Gasteiger partial charge on any atom is 0.328 e. The summed E-state index contributed by atoms with van der Waals surface area (Å²) in [5.74, 6) is -1.99. The number of carbonyl (C=O) groups is 2. The third-order valence-corrected chi connectivity index (χ3v) is 2.15. The molecule has 1 unspecified atom stereocenters. The number of carboxylic acids is 1. The van der Waals surface area contributed by atoms with Gasteiger partial charge in [-0.1, -0.05) is 0 Å². The molecule has 106 valence electrons. The highest BCUT2D eigenvalue weighted by Crippen LogP contribution is 2.12. The van der Waals surface area contributed by atoms with Crippen LogP contribution in [0.5, 0.6) is 0 Å². The van der Waals surface area contributed by atoms with Crippen LogP contribution in [0.3, 0.4) is 0 Å². The summed E-state index contributed by atoms with van der Waals surface area (Å²) in [5, 5.41) is 19.6. The van der Waals surface area contributed by atoms with Crippen LogP contribution in [0.1, 0.15) is 27.7 Å². The van der Waals surface area contributed by atoms with Crippen LogP contribution in [0.25, 0.3) is 0 Å². The molecule has 0 aromatic rings. The van der Waals surface area contributed by atoms with E-state index in [2.05, 4.69) is 5.32 Å². The number of aliphatic carboxylic acids is 1. The Labute approximate surface area is 106 Å². The summed E-state index contributed by atoms with van der Waals surface area (Å²) < 4.78 is 5.50. The predicted octanol–water partition coefficient (Wildman–Crippen LogP) is -0.921. The van der Waals surface area contributed by atoms with Crippen molar-refractivity contribution in [1.29, 1.82) is 0 Å². The molecular formula is C11H22N2O5. The Kier molecular flexibility index (Phi) is 6.23. The molecule has 18 heavy (non-hydrogen) atoms. The number of nitrogens with two attached hydrogens (primary N) is 1. The Morgan fingerprint density at radius 3 is 2.22 bits per heavy atom. The van der Waals surface area contributed by atoms with E-state index in [4.69, 9.17) is 20.7 Å². The van der Waals surface area contributed by atoms with Gasteiger partial charge in [-0.3, -0.25) is 4.79 Å². The van der Waals surface area contributed by atoms with Gasteiger partial charge >= 0.3 is 5.97 Å². The molecule has 1 amide bonds. The van der Waals surface area contributed by atoms with E-state index in [1.165, 1.54) is 0 Å². The highest BCUT2D eigenvalue weighted by Gasteiger charge is 2.28. The predicted molar refractivity (Wildman–Crippen MR) is 64.9 cm³/mol. The minimum Gasteiger partial charge on any atom is -0.480 e. The van der Waals surface area contributed by atoms with Crippen LogP contribution < -0.4 is 11.1 Å². The van der Waals surface area contributed by atoms with E-state index in [0.717, 1.165) is 0 Å². The highest BCUT2D eigenvalue weighted by molar-refractivity contribution is 5.87. The molecule has 3 atom stereocenters. The molecule has 5 N–H and O–H groups in total. The first-order valence-corrected chi connectivity index (χ1v) is 5.66. The molecule has 0 spiro atoms. The van der Waals surface area contributed by atoms with Crippen molar-refractivity contribution >= 4 is 11.9 Å². The van der Waals surface area contributed by atoms with Crippen molar-refractivity contribution in [2.75, 3.05) is 6.61 Å². The zero-order chi connectivity index (χ0) is 14.5. The van der Waals surface area contributed by atoms with Crippen LogP contribution in [0.15, 0.2) is 0 Å². The summed E-state index contributed by atoms with van der Waals surface area (Å²) in [5.41, 5.74) is 5.20. The van der Waals surface area contributed by atoms with Crippen LogP contribution >= 0.6 is 0 Å². The topological polar surface area (TPSA) is 122 Å². The summed E-state index contributed by atoms with van der Waals surface area (Å²) in [4.78, 5) is 22.3. The third-order valence-electron chi connectivity index (χ3n) is 2.15. The molecule has 0 fully saturated rings. The second kappa shape index (κ2) is 6.67. The lowest BCUT2D eigenvalue weighted by Gasteiger charge is -2.28. The van der Waals surface area contributed by atoms with Gasteiger partial charge in [-0.05, 0) is 27.7 Å². The largest absolute Gasteiger partial charge is 0.480 e. The van der Waals surface area contributed by atoms with Gasteiger partial charge in [-0.25, -0.2) is 4.79 Å². The number of hydrogen-bond donors (Lipinski definition) is 4. The molecule has 7 nitrogen and oxygen atoms in total. The normalized spacial score (nSPS) is 16.8. The molecule has 0 aromatic carbocycles. The summed E-state index contributed by atoms with van der Waals surface area (Å²) in [6, 6.07) is -2.36. The molecular weight excluding hydrogens is 240 g/mol. The Balaban J connectivity index is 4.46. The zero-order valence-corrected chi connectivity index (χ0v) is 11.1. The van der Waals surface area contributed by atoms with Crippen LogP contribution in [0.2, 0.25) is 0 Å². The molecule has 0 saturated carbocycles. The number of hydrogen-bond acceptors (Lipinski definition) is 5. The van der Waals surface area contributed by atoms with Gasteiger partial charge in [0, 0.05) is 0 Å². The molecule has 0 saturated heterocycles. The van der Waals surface area contributed by atoms with Gasteiger partial charge in [-0.2, -0.15) is 0 Å². The highest BCUT2D eigenvalue weighted by atomic mass is 16.5. The van der Waals surface area contributed by atoms with E-state index in [9.17, 15) is 9.59 Å². The maximum atomic E-state index is 11.7. The maximum absolute atomic E-state index is 11.7. The third kappa shape index (κ3) is 5.95. The first-order valence-electron chi connectivity index (χ1n) is 5.66. The smallest absolute Gasteiger partial charge is 0.328 e. The number of aliphatic hydroxyl groups is 1. The monoisotopic (exact) mass is 262 g/mol. The Bertz CT molecular complexity index is 300. The molecule has 0 heterocycles. The zero-order valence-electron chi connectivity index (χ0n) is 11.1. The minimum atomic E-state index is -1.36. The van der Waals surface area contributed by atoms with Gasteiger partial charge in [-0.15, -0.1) is 0 Å². The van der Waals surface area contributed by atoms with Crippen LogP contribution in [0.4, 0.5) is 0 Å². The second-order valence-corrected chi connectivity index (χ2v) is 5.04. The van der Waals surface area contributed by atoms with E-state index < -0.39 is 42.3 Å².